The molecule has 0 saturated heterocycles. The highest BCUT2D eigenvalue weighted by atomic mass is 35.5. The number of para-hydroxylation sites is 2. The Morgan fingerprint density at radius 3 is 2.38 bits per heavy atom. The molecule has 0 saturated carbocycles. The number of halogens is 1. The fraction of sp³-hybridized carbons (Fsp3) is 0.300. The third kappa shape index (κ3) is 4.76. The molecule has 2 aromatic carbocycles. The summed E-state index contributed by atoms with van der Waals surface area (Å²) in [5, 5.41) is 5.95. The molecule has 6 heteroatoms. The largest absolute Gasteiger partial charge is 0.496 e. The average molecular weight is 375 g/mol. The molecule has 0 radical (unpaired) electrons. The molecule has 2 amide bonds. The molecular formula is C20H23ClN2O3. The zero-order valence-corrected chi connectivity index (χ0v) is 15.9. The normalized spacial score (nSPS) is 10.9. The predicted octanol–water partition coefficient (Wildman–Crippen LogP) is 3.67. The molecule has 138 valence electrons. The van der Waals surface area contributed by atoms with Gasteiger partial charge in [0.15, 0.2) is 0 Å². The monoisotopic (exact) mass is 374 g/mol. The van der Waals surface area contributed by atoms with Gasteiger partial charge in [0.2, 0.25) is 11.8 Å². The van der Waals surface area contributed by atoms with Crippen LogP contribution < -0.4 is 15.4 Å². The van der Waals surface area contributed by atoms with Crippen molar-refractivity contribution in [3.63, 3.8) is 0 Å². The lowest BCUT2D eigenvalue weighted by atomic mass is 9.90. The van der Waals surface area contributed by atoms with Crippen molar-refractivity contribution in [1.82, 2.24) is 5.32 Å². The van der Waals surface area contributed by atoms with Crippen LogP contribution in [0.2, 0.25) is 5.02 Å². The molecule has 0 aliphatic carbocycles. The van der Waals surface area contributed by atoms with Crippen molar-refractivity contribution in [3.05, 3.63) is 59.1 Å². The molecule has 2 N–H and O–H groups in total. The standard InChI is InChI=1S/C20H23ClN2O3/c1-20(2,19(25)23-16-10-6-5-9-15(16)21)18(24)22-13-12-14-8-4-7-11-17(14)26-3/h4-11H,12-13H2,1-3H3,(H,22,24)(H,23,25). The molecule has 5 nitrogen and oxygen atoms in total. The van der Waals surface area contributed by atoms with E-state index in [0.717, 1.165) is 11.3 Å². The zero-order chi connectivity index (χ0) is 19.2. The van der Waals surface area contributed by atoms with Gasteiger partial charge < -0.3 is 15.4 Å². The molecule has 0 unspecified atom stereocenters. The van der Waals surface area contributed by atoms with E-state index in [4.69, 9.17) is 16.3 Å². The van der Waals surface area contributed by atoms with Crippen molar-refractivity contribution in [2.75, 3.05) is 19.0 Å². The third-order valence-electron chi connectivity index (χ3n) is 4.13. The number of rotatable bonds is 7. The Bertz CT molecular complexity index is 790. The van der Waals surface area contributed by atoms with E-state index in [1.54, 1.807) is 45.2 Å². The Morgan fingerprint density at radius 2 is 1.69 bits per heavy atom. The predicted molar refractivity (Wildman–Crippen MR) is 104 cm³/mol. The highest BCUT2D eigenvalue weighted by Gasteiger charge is 2.36. The second-order valence-electron chi connectivity index (χ2n) is 6.38. The number of carbonyl (C=O) groups is 2. The minimum absolute atomic E-state index is 0.350. The lowest BCUT2D eigenvalue weighted by Crippen LogP contribution is -2.45. The molecular weight excluding hydrogens is 352 g/mol. The van der Waals surface area contributed by atoms with Gasteiger partial charge in [-0.1, -0.05) is 41.9 Å². The van der Waals surface area contributed by atoms with Gasteiger partial charge in [0.05, 0.1) is 17.8 Å². The summed E-state index contributed by atoms with van der Waals surface area (Å²) in [6.45, 7) is 3.57. The van der Waals surface area contributed by atoms with Gasteiger partial charge in [-0.25, -0.2) is 0 Å². The molecule has 0 aromatic heterocycles. The van der Waals surface area contributed by atoms with E-state index in [0.29, 0.717) is 23.7 Å². The highest BCUT2D eigenvalue weighted by molar-refractivity contribution is 6.33. The van der Waals surface area contributed by atoms with E-state index >= 15 is 0 Å². The van der Waals surface area contributed by atoms with Crippen LogP contribution in [-0.2, 0) is 16.0 Å². The SMILES string of the molecule is COc1ccccc1CCNC(=O)C(C)(C)C(=O)Nc1ccccc1Cl. The maximum Gasteiger partial charge on any atom is 0.239 e. The van der Waals surface area contributed by atoms with Crippen LogP contribution in [0.4, 0.5) is 5.69 Å². The van der Waals surface area contributed by atoms with Gasteiger partial charge in [-0.2, -0.15) is 0 Å². The number of ether oxygens (including phenoxy) is 1. The Hall–Kier alpha value is -2.53. The van der Waals surface area contributed by atoms with Crippen LogP contribution in [0.15, 0.2) is 48.5 Å². The third-order valence-corrected chi connectivity index (χ3v) is 4.46. The first-order valence-electron chi connectivity index (χ1n) is 8.32. The van der Waals surface area contributed by atoms with Crippen LogP contribution in [0.25, 0.3) is 0 Å². The van der Waals surface area contributed by atoms with Crippen LogP contribution in [0.3, 0.4) is 0 Å². The number of benzene rings is 2. The molecule has 0 aliphatic rings. The lowest BCUT2D eigenvalue weighted by molar-refractivity contribution is -0.138. The molecule has 2 aromatic rings. The van der Waals surface area contributed by atoms with Crippen molar-refractivity contribution in [2.45, 2.75) is 20.3 Å². The molecule has 0 bridgehead atoms. The number of nitrogens with one attached hydrogen (secondary N) is 2. The van der Waals surface area contributed by atoms with Gasteiger partial charge in [-0.05, 0) is 44.0 Å². The Balaban J connectivity index is 1.94. The number of carbonyl (C=O) groups excluding carboxylic acids is 2. The van der Waals surface area contributed by atoms with Crippen molar-refractivity contribution < 1.29 is 14.3 Å². The summed E-state index contributed by atoms with van der Waals surface area (Å²) in [6.07, 6.45) is 0.609. The van der Waals surface area contributed by atoms with Crippen molar-refractivity contribution in [3.8, 4) is 5.75 Å². The molecule has 0 spiro atoms. The van der Waals surface area contributed by atoms with E-state index in [2.05, 4.69) is 10.6 Å². The average Bonchev–Trinajstić information content (AvgIpc) is 2.63. The van der Waals surface area contributed by atoms with Crippen molar-refractivity contribution >= 4 is 29.1 Å². The lowest BCUT2D eigenvalue weighted by Gasteiger charge is -2.23. The van der Waals surface area contributed by atoms with Crippen molar-refractivity contribution in [1.29, 1.82) is 0 Å². The molecule has 0 heterocycles. The first-order chi connectivity index (χ1) is 12.4. The quantitative estimate of drug-likeness (QED) is 0.726. The Morgan fingerprint density at radius 1 is 1.04 bits per heavy atom. The number of hydrogen-bond acceptors (Lipinski definition) is 3. The van der Waals surface area contributed by atoms with Crippen LogP contribution in [-0.4, -0.2) is 25.5 Å². The molecule has 2 rings (SSSR count). The van der Waals surface area contributed by atoms with Crippen LogP contribution in [0, 0.1) is 5.41 Å². The molecule has 26 heavy (non-hydrogen) atoms. The van der Waals surface area contributed by atoms with Crippen LogP contribution >= 0.6 is 11.6 Å². The summed E-state index contributed by atoms with van der Waals surface area (Å²) in [4.78, 5) is 25.0. The number of methoxy groups -OCH3 is 1. The summed E-state index contributed by atoms with van der Waals surface area (Å²) in [6, 6.07) is 14.5. The number of hydrogen-bond donors (Lipinski definition) is 2. The molecule has 0 fully saturated rings. The second kappa shape index (κ2) is 8.72. The van der Waals surface area contributed by atoms with E-state index in [1.165, 1.54) is 0 Å². The summed E-state index contributed by atoms with van der Waals surface area (Å²) in [7, 11) is 1.61. The topological polar surface area (TPSA) is 67.4 Å². The van der Waals surface area contributed by atoms with Gasteiger partial charge in [0.1, 0.15) is 11.2 Å². The summed E-state index contributed by atoms with van der Waals surface area (Å²) in [5.41, 5.74) is 0.239. The molecule has 0 aliphatic heterocycles. The van der Waals surface area contributed by atoms with E-state index < -0.39 is 11.3 Å². The summed E-state index contributed by atoms with van der Waals surface area (Å²) < 4.78 is 5.30. The minimum atomic E-state index is -1.24. The highest BCUT2D eigenvalue weighted by Crippen LogP contribution is 2.24. The van der Waals surface area contributed by atoms with Gasteiger partial charge in [-0.15, -0.1) is 0 Å². The second-order valence-corrected chi connectivity index (χ2v) is 6.78. The molecule has 0 atom stereocenters. The Labute approximate surface area is 158 Å². The maximum absolute atomic E-state index is 12.5. The van der Waals surface area contributed by atoms with Gasteiger partial charge >= 0.3 is 0 Å². The van der Waals surface area contributed by atoms with Gasteiger partial charge in [0.25, 0.3) is 0 Å². The fourth-order valence-corrected chi connectivity index (χ4v) is 2.57. The number of amides is 2. The fourth-order valence-electron chi connectivity index (χ4n) is 2.39. The van der Waals surface area contributed by atoms with Crippen LogP contribution in [0.5, 0.6) is 5.75 Å². The zero-order valence-electron chi connectivity index (χ0n) is 15.1. The number of anilines is 1. The Kier molecular flexibility index (Phi) is 6.64. The summed E-state index contributed by atoms with van der Waals surface area (Å²) in [5.74, 6) is 0.00909. The summed E-state index contributed by atoms with van der Waals surface area (Å²) >= 11 is 6.05. The van der Waals surface area contributed by atoms with Crippen LogP contribution in [0.1, 0.15) is 19.4 Å². The smallest absolute Gasteiger partial charge is 0.239 e. The van der Waals surface area contributed by atoms with Gasteiger partial charge in [0, 0.05) is 6.54 Å². The van der Waals surface area contributed by atoms with E-state index in [9.17, 15) is 9.59 Å². The first-order valence-corrected chi connectivity index (χ1v) is 8.70. The van der Waals surface area contributed by atoms with E-state index in [1.807, 2.05) is 24.3 Å². The van der Waals surface area contributed by atoms with E-state index in [-0.39, 0.29) is 5.91 Å². The van der Waals surface area contributed by atoms with Gasteiger partial charge in [-0.3, -0.25) is 9.59 Å². The minimum Gasteiger partial charge on any atom is -0.496 e. The first kappa shape index (κ1) is 19.8. The van der Waals surface area contributed by atoms with Crippen molar-refractivity contribution in [2.24, 2.45) is 5.41 Å². The maximum atomic E-state index is 12.5.